The van der Waals surface area contributed by atoms with E-state index in [0.717, 1.165) is 24.2 Å². The maximum absolute atomic E-state index is 11.9. The molecule has 1 aromatic carbocycles. The van der Waals surface area contributed by atoms with Gasteiger partial charge in [0.15, 0.2) is 0 Å². The fourth-order valence-electron chi connectivity index (χ4n) is 2.61. The Morgan fingerprint density at radius 3 is 2.00 bits per heavy atom. The molecule has 1 N–H and O–H groups in total. The molecule has 1 atom stereocenters. The summed E-state index contributed by atoms with van der Waals surface area (Å²) < 4.78 is 0. The van der Waals surface area contributed by atoms with Crippen molar-refractivity contribution in [1.82, 2.24) is 4.90 Å². The van der Waals surface area contributed by atoms with Crippen molar-refractivity contribution >= 4 is 5.97 Å². The first-order chi connectivity index (χ1) is 8.52. The number of aliphatic carboxylic acids is 1. The Hall–Kier alpha value is -1.35. The Morgan fingerprint density at radius 2 is 1.67 bits per heavy atom. The van der Waals surface area contributed by atoms with Gasteiger partial charge in [0.25, 0.3) is 0 Å². The molecule has 18 heavy (non-hydrogen) atoms. The van der Waals surface area contributed by atoms with Gasteiger partial charge >= 0.3 is 5.97 Å². The zero-order valence-electron chi connectivity index (χ0n) is 11.7. The molecule has 1 aromatic rings. The number of carboxylic acid groups (broad SMARTS) is 1. The van der Waals surface area contributed by atoms with Crippen LogP contribution in [0.5, 0.6) is 0 Å². The largest absolute Gasteiger partial charge is 0.480 e. The summed E-state index contributed by atoms with van der Waals surface area (Å²) in [6, 6.07) is 7.83. The highest BCUT2D eigenvalue weighted by Gasteiger charge is 2.42. The molecule has 3 nitrogen and oxygen atoms in total. The third-order valence-electron chi connectivity index (χ3n) is 3.70. The second-order valence-electron chi connectivity index (χ2n) is 4.56. The molecule has 0 bridgehead atoms. The first-order valence-corrected chi connectivity index (χ1v) is 6.58. The van der Waals surface area contributed by atoms with Crippen LogP contribution >= 0.6 is 0 Å². The van der Waals surface area contributed by atoms with E-state index >= 15 is 0 Å². The van der Waals surface area contributed by atoms with E-state index in [1.54, 1.807) is 0 Å². The lowest BCUT2D eigenvalue weighted by Gasteiger charge is -2.39. The number of carbonyl (C=O) groups is 1. The van der Waals surface area contributed by atoms with Gasteiger partial charge in [-0.05, 0) is 32.0 Å². The van der Waals surface area contributed by atoms with Crippen LogP contribution in [0.3, 0.4) is 0 Å². The van der Waals surface area contributed by atoms with Gasteiger partial charge in [0.1, 0.15) is 5.54 Å². The van der Waals surface area contributed by atoms with Gasteiger partial charge in [0.2, 0.25) is 0 Å². The normalized spacial score (nSPS) is 14.5. The van der Waals surface area contributed by atoms with Crippen LogP contribution in [-0.2, 0) is 10.3 Å². The minimum absolute atomic E-state index is 0.563. The van der Waals surface area contributed by atoms with E-state index in [1.165, 1.54) is 0 Å². The highest BCUT2D eigenvalue weighted by molar-refractivity contribution is 5.80. The molecule has 0 saturated heterocycles. The second-order valence-corrected chi connectivity index (χ2v) is 4.56. The number of hydrogen-bond acceptors (Lipinski definition) is 2. The average Bonchev–Trinajstić information content (AvgIpc) is 2.36. The summed E-state index contributed by atoms with van der Waals surface area (Å²) in [6.45, 7) is 9.41. The van der Waals surface area contributed by atoms with Crippen LogP contribution in [0.15, 0.2) is 24.3 Å². The molecule has 0 heterocycles. The van der Waals surface area contributed by atoms with Gasteiger partial charge < -0.3 is 5.11 Å². The fraction of sp³-hybridized carbons (Fsp3) is 0.533. The number of aryl methyl sites for hydroxylation is 1. The van der Waals surface area contributed by atoms with E-state index in [2.05, 4.69) is 0 Å². The molecule has 0 radical (unpaired) electrons. The van der Waals surface area contributed by atoms with Crippen molar-refractivity contribution in [2.45, 2.75) is 39.7 Å². The Balaban J connectivity index is 3.35. The molecular formula is C15H23NO2. The van der Waals surface area contributed by atoms with Gasteiger partial charge in [-0.2, -0.15) is 0 Å². The van der Waals surface area contributed by atoms with E-state index < -0.39 is 11.5 Å². The van der Waals surface area contributed by atoms with Crippen molar-refractivity contribution in [2.24, 2.45) is 0 Å². The Kier molecular flexibility index (Phi) is 4.91. The number of carboxylic acids is 1. The third-order valence-corrected chi connectivity index (χ3v) is 3.70. The van der Waals surface area contributed by atoms with Crippen molar-refractivity contribution < 1.29 is 9.90 Å². The summed E-state index contributed by atoms with van der Waals surface area (Å²) in [5.41, 5.74) is 1.11. The molecule has 3 heteroatoms. The van der Waals surface area contributed by atoms with Gasteiger partial charge in [-0.25, -0.2) is 4.79 Å². The highest BCUT2D eigenvalue weighted by Crippen LogP contribution is 2.32. The van der Waals surface area contributed by atoms with Gasteiger partial charge in [-0.3, -0.25) is 4.90 Å². The summed E-state index contributed by atoms with van der Waals surface area (Å²) in [7, 11) is 0. The molecule has 100 valence electrons. The predicted molar refractivity (Wildman–Crippen MR) is 73.7 cm³/mol. The van der Waals surface area contributed by atoms with E-state index in [-0.39, 0.29) is 0 Å². The van der Waals surface area contributed by atoms with Crippen LogP contribution < -0.4 is 0 Å². The third kappa shape index (κ3) is 2.41. The van der Waals surface area contributed by atoms with E-state index in [1.807, 2.05) is 56.9 Å². The van der Waals surface area contributed by atoms with Crippen LogP contribution in [0.25, 0.3) is 0 Å². The zero-order chi connectivity index (χ0) is 13.8. The topological polar surface area (TPSA) is 40.5 Å². The van der Waals surface area contributed by atoms with Gasteiger partial charge in [0, 0.05) is 0 Å². The van der Waals surface area contributed by atoms with Crippen LogP contribution in [0, 0.1) is 6.92 Å². The van der Waals surface area contributed by atoms with Crippen LogP contribution in [0.2, 0.25) is 0 Å². The summed E-state index contributed by atoms with van der Waals surface area (Å²) >= 11 is 0. The van der Waals surface area contributed by atoms with Crippen LogP contribution in [0.4, 0.5) is 0 Å². The van der Waals surface area contributed by atoms with Crippen LogP contribution in [-0.4, -0.2) is 29.1 Å². The molecule has 0 fully saturated rings. The second kappa shape index (κ2) is 6.01. The quantitative estimate of drug-likeness (QED) is 0.842. The van der Waals surface area contributed by atoms with Crippen LogP contribution in [0.1, 0.15) is 38.3 Å². The maximum Gasteiger partial charge on any atom is 0.328 e. The number of benzene rings is 1. The van der Waals surface area contributed by atoms with Crippen molar-refractivity contribution in [2.75, 3.05) is 13.1 Å². The molecule has 0 amide bonds. The summed E-state index contributed by atoms with van der Waals surface area (Å²) in [4.78, 5) is 13.9. The number of nitrogens with zero attached hydrogens (tertiary/aromatic N) is 1. The minimum atomic E-state index is -0.906. The standard InChI is InChI=1S/C15H23NO2/c1-5-15(14(17)18,16(6-2)7-3)13-10-8-12(4)9-11-13/h8-11H,5-7H2,1-4H3,(H,17,18). The number of hydrogen-bond donors (Lipinski definition) is 1. The summed E-state index contributed by atoms with van der Waals surface area (Å²) in [5.74, 6) is -0.766. The number of rotatable bonds is 6. The number of likely N-dealkylation sites (N-methyl/N-ethyl adjacent to an activating group) is 1. The lowest BCUT2D eigenvalue weighted by molar-refractivity contribution is -0.152. The maximum atomic E-state index is 11.9. The van der Waals surface area contributed by atoms with Gasteiger partial charge in [-0.15, -0.1) is 0 Å². The monoisotopic (exact) mass is 249 g/mol. The minimum Gasteiger partial charge on any atom is -0.480 e. The SMILES string of the molecule is CCN(CC)C(CC)(C(=O)O)c1ccc(C)cc1. The highest BCUT2D eigenvalue weighted by atomic mass is 16.4. The molecule has 1 unspecified atom stereocenters. The molecule has 0 spiro atoms. The van der Waals surface area contributed by atoms with Crippen molar-refractivity contribution in [3.05, 3.63) is 35.4 Å². The average molecular weight is 249 g/mol. The van der Waals surface area contributed by atoms with E-state index in [0.29, 0.717) is 6.42 Å². The molecule has 0 aliphatic carbocycles. The summed E-state index contributed by atoms with van der Waals surface area (Å²) in [5, 5.41) is 9.74. The van der Waals surface area contributed by atoms with E-state index in [4.69, 9.17) is 0 Å². The van der Waals surface area contributed by atoms with E-state index in [9.17, 15) is 9.90 Å². The predicted octanol–water partition coefficient (Wildman–Crippen LogP) is 3.03. The lowest BCUT2D eigenvalue weighted by Crippen LogP contribution is -2.51. The summed E-state index contributed by atoms with van der Waals surface area (Å²) in [6.07, 6.45) is 0.563. The molecule has 0 saturated carbocycles. The first kappa shape index (κ1) is 14.7. The molecule has 0 aromatic heterocycles. The van der Waals surface area contributed by atoms with Crippen molar-refractivity contribution in [3.8, 4) is 0 Å². The Bertz CT molecular complexity index is 395. The zero-order valence-corrected chi connectivity index (χ0v) is 11.7. The molecular weight excluding hydrogens is 226 g/mol. The Morgan fingerprint density at radius 1 is 1.17 bits per heavy atom. The lowest BCUT2D eigenvalue weighted by atomic mass is 9.85. The Labute approximate surface area is 109 Å². The first-order valence-electron chi connectivity index (χ1n) is 6.58. The molecule has 0 aliphatic rings. The van der Waals surface area contributed by atoms with Gasteiger partial charge in [-0.1, -0.05) is 50.6 Å². The smallest absolute Gasteiger partial charge is 0.328 e. The molecule has 0 aliphatic heterocycles. The van der Waals surface area contributed by atoms with Crippen molar-refractivity contribution in [3.63, 3.8) is 0 Å². The van der Waals surface area contributed by atoms with Gasteiger partial charge in [0.05, 0.1) is 0 Å². The van der Waals surface area contributed by atoms with Crippen molar-refractivity contribution in [1.29, 1.82) is 0 Å². The fourth-order valence-corrected chi connectivity index (χ4v) is 2.61. The molecule has 1 rings (SSSR count).